The Morgan fingerprint density at radius 2 is 2.12 bits per heavy atom. The lowest BCUT2D eigenvalue weighted by atomic mass is 10.1. The fourth-order valence-corrected chi connectivity index (χ4v) is 2.01. The molecule has 0 amide bonds. The third kappa shape index (κ3) is 2.24. The number of hydrogen-bond donors (Lipinski definition) is 1. The summed E-state index contributed by atoms with van der Waals surface area (Å²) in [5.41, 5.74) is 2.15. The number of aromatic nitrogens is 4. The molecule has 1 unspecified atom stereocenters. The molecule has 0 radical (unpaired) electrons. The highest BCUT2D eigenvalue weighted by Crippen LogP contribution is 2.21. The third-order valence-electron chi connectivity index (χ3n) is 2.80. The summed E-state index contributed by atoms with van der Waals surface area (Å²) in [4.78, 5) is 4.40. The summed E-state index contributed by atoms with van der Waals surface area (Å²) < 4.78 is 3.98. The standard InChI is InChI=1S/C12H19N5/c1-9(2)17-11(5-6-15-17)12(13-3)10-7-16(4)8-14-10/h5-9,12-13H,1-4H3. The lowest BCUT2D eigenvalue weighted by molar-refractivity contribution is 0.481. The normalized spacial score (nSPS) is 13.2. The van der Waals surface area contributed by atoms with Crippen molar-refractivity contribution in [3.05, 3.63) is 36.2 Å². The van der Waals surface area contributed by atoms with Gasteiger partial charge in [0.15, 0.2) is 0 Å². The van der Waals surface area contributed by atoms with E-state index in [4.69, 9.17) is 0 Å². The first-order chi connectivity index (χ1) is 8.13. The van der Waals surface area contributed by atoms with Crippen LogP contribution >= 0.6 is 0 Å². The van der Waals surface area contributed by atoms with Crippen molar-refractivity contribution in [3.63, 3.8) is 0 Å². The molecule has 2 rings (SSSR count). The van der Waals surface area contributed by atoms with Gasteiger partial charge in [0.05, 0.1) is 23.8 Å². The number of nitrogens with one attached hydrogen (secondary N) is 1. The van der Waals surface area contributed by atoms with Gasteiger partial charge in [0.25, 0.3) is 0 Å². The van der Waals surface area contributed by atoms with E-state index in [9.17, 15) is 0 Å². The zero-order valence-corrected chi connectivity index (χ0v) is 10.8. The molecule has 5 nitrogen and oxygen atoms in total. The van der Waals surface area contributed by atoms with Crippen LogP contribution in [0, 0.1) is 0 Å². The minimum atomic E-state index is 0.0844. The van der Waals surface area contributed by atoms with E-state index in [1.165, 1.54) is 0 Å². The van der Waals surface area contributed by atoms with Crippen molar-refractivity contribution in [3.8, 4) is 0 Å². The van der Waals surface area contributed by atoms with Crippen molar-refractivity contribution in [2.24, 2.45) is 7.05 Å². The summed E-state index contributed by atoms with van der Waals surface area (Å²) in [6.45, 7) is 4.25. The number of aryl methyl sites for hydroxylation is 1. The molecule has 0 aliphatic heterocycles. The second-order valence-corrected chi connectivity index (χ2v) is 4.48. The first kappa shape index (κ1) is 11.9. The second-order valence-electron chi connectivity index (χ2n) is 4.48. The van der Waals surface area contributed by atoms with Gasteiger partial charge >= 0.3 is 0 Å². The van der Waals surface area contributed by atoms with E-state index in [1.807, 2.05) is 48.1 Å². The molecular weight excluding hydrogens is 214 g/mol. The van der Waals surface area contributed by atoms with Gasteiger partial charge in [-0.1, -0.05) is 0 Å². The van der Waals surface area contributed by atoms with Crippen molar-refractivity contribution < 1.29 is 0 Å². The van der Waals surface area contributed by atoms with Crippen LogP contribution in [0.3, 0.4) is 0 Å². The molecule has 2 aromatic rings. The van der Waals surface area contributed by atoms with E-state index >= 15 is 0 Å². The van der Waals surface area contributed by atoms with Crippen molar-refractivity contribution in [2.45, 2.75) is 25.9 Å². The maximum Gasteiger partial charge on any atom is 0.0947 e. The molecule has 0 aromatic carbocycles. The molecular formula is C12H19N5. The Morgan fingerprint density at radius 1 is 1.35 bits per heavy atom. The zero-order valence-electron chi connectivity index (χ0n) is 10.8. The van der Waals surface area contributed by atoms with E-state index in [-0.39, 0.29) is 6.04 Å². The lowest BCUT2D eigenvalue weighted by Crippen LogP contribution is -2.22. The quantitative estimate of drug-likeness (QED) is 0.870. The maximum atomic E-state index is 4.40. The van der Waals surface area contributed by atoms with Crippen LogP contribution in [0.1, 0.15) is 37.3 Å². The molecule has 92 valence electrons. The van der Waals surface area contributed by atoms with E-state index in [1.54, 1.807) is 0 Å². The highest BCUT2D eigenvalue weighted by atomic mass is 15.3. The van der Waals surface area contributed by atoms with Crippen molar-refractivity contribution in [1.82, 2.24) is 24.6 Å². The average molecular weight is 233 g/mol. The molecule has 0 aliphatic carbocycles. The number of rotatable bonds is 4. The predicted molar refractivity (Wildman–Crippen MR) is 66.7 cm³/mol. The van der Waals surface area contributed by atoms with Gasteiger partial charge < -0.3 is 9.88 Å². The predicted octanol–water partition coefficient (Wildman–Crippen LogP) is 1.51. The van der Waals surface area contributed by atoms with Gasteiger partial charge in [0, 0.05) is 25.5 Å². The molecule has 0 saturated carbocycles. The fraction of sp³-hybridized carbons (Fsp3) is 0.500. The Morgan fingerprint density at radius 3 is 2.65 bits per heavy atom. The summed E-state index contributed by atoms with van der Waals surface area (Å²) in [6.07, 6.45) is 5.68. The van der Waals surface area contributed by atoms with Gasteiger partial charge in [-0.25, -0.2) is 4.98 Å². The van der Waals surface area contributed by atoms with Gasteiger partial charge in [0.2, 0.25) is 0 Å². The second kappa shape index (κ2) is 4.71. The summed E-state index contributed by atoms with van der Waals surface area (Å²) in [6, 6.07) is 2.47. The highest BCUT2D eigenvalue weighted by molar-refractivity contribution is 5.20. The Kier molecular flexibility index (Phi) is 3.28. The number of hydrogen-bond acceptors (Lipinski definition) is 3. The molecule has 0 bridgehead atoms. The molecule has 1 atom stereocenters. The molecule has 2 heterocycles. The first-order valence-corrected chi connectivity index (χ1v) is 5.82. The Bertz CT molecular complexity index is 483. The van der Waals surface area contributed by atoms with E-state index in [0.29, 0.717) is 6.04 Å². The van der Waals surface area contributed by atoms with Crippen LogP contribution in [0.2, 0.25) is 0 Å². The fourth-order valence-electron chi connectivity index (χ4n) is 2.01. The van der Waals surface area contributed by atoms with Gasteiger partial charge in [-0.15, -0.1) is 0 Å². The van der Waals surface area contributed by atoms with E-state index < -0.39 is 0 Å². The Hall–Kier alpha value is -1.62. The van der Waals surface area contributed by atoms with Crippen LogP contribution in [0.25, 0.3) is 0 Å². The largest absolute Gasteiger partial charge is 0.340 e. The molecule has 5 heteroatoms. The molecule has 0 spiro atoms. The maximum absolute atomic E-state index is 4.40. The number of nitrogens with zero attached hydrogens (tertiary/aromatic N) is 4. The Balaban J connectivity index is 2.38. The van der Waals surface area contributed by atoms with Gasteiger partial charge in [-0.3, -0.25) is 4.68 Å². The first-order valence-electron chi connectivity index (χ1n) is 5.82. The monoisotopic (exact) mass is 233 g/mol. The molecule has 0 aliphatic rings. The smallest absolute Gasteiger partial charge is 0.0947 e. The average Bonchev–Trinajstić information content (AvgIpc) is 2.89. The molecule has 0 saturated heterocycles. The summed E-state index contributed by atoms with van der Waals surface area (Å²) in [7, 11) is 3.92. The van der Waals surface area contributed by atoms with Gasteiger partial charge in [-0.05, 0) is 27.0 Å². The summed E-state index contributed by atoms with van der Waals surface area (Å²) >= 11 is 0. The molecule has 1 N–H and O–H groups in total. The lowest BCUT2D eigenvalue weighted by Gasteiger charge is -2.18. The topological polar surface area (TPSA) is 47.7 Å². The SMILES string of the molecule is CNC(c1cn(C)cn1)c1ccnn1C(C)C. The van der Waals surface area contributed by atoms with Crippen LogP contribution in [-0.2, 0) is 7.05 Å². The van der Waals surface area contributed by atoms with Crippen molar-refractivity contribution >= 4 is 0 Å². The molecule has 17 heavy (non-hydrogen) atoms. The molecule has 0 fully saturated rings. The van der Waals surface area contributed by atoms with Gasteiger partial charge in [0.1, 0.15) is 0 Å². The van der Waals surface area contributed by atoms with E-state index in [2.05, 4.69) is 29.2 Å². The zero-order chi connectivity index (χ0) is 12.4. The Labute approximate surface area is 101 Å². The van der Waals surface area contributed by atoms with Crippen LogP contribution < -0.4 is 5.32 Å². The number of imidazole rings is 1. The van der Waals surface area contributed by atoms with Crippen LogP contribution in [0.4, 0.5) is 0 Å². The van der Waals surface area contributed by atoms with Crippen molar-refractivity contribution in [1.29, 1.82) is 0 Å². The van der Waals surface area contributed by atoms with Gasteiger partial charge in [-0.2, -0.15) is 5.10 Å². The minimum absolute atomic E-state index is 0.0844. The summed E-state index contributed by atoms with van der Waals surface area (Å²) in [5, 5.41) is 7.65. The van der Waals surface area contributed by atoms with Crippen molar-refractivity contribution in [2.75, 3.05) is 7.05 Å². The third-order valence-corrected chi connectivity index (χ3v) is 2.80. The summed E-state index contributed by atoms with van der Waals surface area (Å²) in [5.74, 6) is 0. The van der Waals surface area contributed by atoms with E-state index in [0.717, 1.165) is 11.4 Å². The van der Waals surface area contributed by atoms with Crippen LogP contribution in [-0.4, -0.2) is 26.4 Å². The van der Waals surface area contributed by atoms with Crippen LogP contribution in [0.15, 0.2) is 24.8 Å². The van der Waals surface area contributed by atoms with Crippen LogP contribution in [0.5, 0.6) is 0 Å². The molecule has 2 aromatic heterocycles. The highest BCUT2D eigenvalue weighted by Gasteiger charge is 2.19. The minimum Gasteiger partial charge on any atom is -0.340 e.